The summed E-state index contributed by atoms with van der Waals surface area (Å²) >= 11 is 1.86. The monoisotopic (exact) mass is 198 g/mol. The Labute approximate surface area is 84.4 Å². The lowest BCUT2D eigenvalue weighted by molar-refractivity contribution is 0.526. The van der Waals surface area contributed by atoms with Crippen LogP contribution in [0.25, 0.3) is 0 Å². The van der Waals surface area contributed by atoms with Gasteiger partial charge in [0, 0.05) is 28.9 Å². The van der Waals surface area contributed by atoms with Crippen molar-refractivity contribution in [2.24, 2.45) is 0 Å². The van der Waals surface area contributed by atoms with Gasteiger partial charge >= 0.3 is 0 Å². The first-order chi connectivity index (χ1) is 6.22. The van der Waals surface area contributed by atoms with E-state index >= 15 is 0 Å². The van der Waals surface area contributed by atoms with Crippen molar-refractivity contribution >= 4 is 11.3 Å². The molecule has 1 unspecified atom stereocenters. The average Bonchev–Trinajstić information content (AvgIpc) is 2.49. The zero-order valence-corrected chi connectivity index (χ0v) is 9.37. The Hall–Kier alpha value is -0.380. The highest BCUT2D eigenvalue weighted by molar-refractivity contribution is 7.11. The molecule has 1 aromatic heterocycles. The summed E-state index contributed by atoms with van der Waals surface area (Å²) in [4.78, 5) is 2.80. The van der Waals surface area contributed by atoms with Gasteiger partial charge in [0.2, 0.25) is 0 Å². The molecule has 1 aromatic rings. The first-order valence-electron chi connectivity index (χ1n) is 4.65. The fraction of sp³-hybridized carbons (Fsp3) is 0.600. The summed E-state index contributed by atoms with van der Waals surface area (Å²) in [5, 5.41) is 6.61. The van der Waals surface area contributed by atoms with E-state index < -0.39 is 0 Å². The van der Waals surface area contributed by atoms with Crippen LogP contribution in [0.5, 0.6) is 0 Å². The Morgan fingerprint density at radius 3 is 2.77 bits per heavy atom. The van der Waals surface area contributed by atoms with Crippen molar-refractivity contribution in [2.45, 2.75) is 26.4 Å². The van der Waals surface area contributed by atoms with Crippen LogP contribution in [-0.2, 0) is 6.54 Å². The standard InChI is InChI=1S/C10H18N2S/c1-8(6-11-3)12-7-10-5-4-9(2)13-10/h4-5,8,11-12H,6-7H2,1-3H3. The van der Waals surface area contributed by atoms with E-state index in [1.54, 1.807) is 0 Å². The summed E-state index contributed by atoms with van der Waals surface area (Å²) in [6.07, 6.45) is 0. The second-order valence-electron chi connectivity index (χ2n) is 3.35. The van der Waals surface area contributed by atoms with E-state index in [9.17, 15) is 0 Å². The number of hydrogen-bond donors (Lipinski definition) is 2. The van der Waals surface area contributed by atoms with Crippen LogP contribution < -0.4 is 10.6 Å². The van der Waals surface area contributed by atoms with Crippen molar-refractivity contribution in [3.8, 4) is 0 Å². The summed E-state index contributed by atoms with van der Waals surface area (Å²) in [6.45, 7) is 6.34. The number of rotatable bonds is 5. The number of likely N-dealkylation sites (N-methyl/N-ethyl adjacent to an activating group) is 1. The molecule has 1 atom stereocenters. The van der Waals surface area contributed by atoms with Crippen LogP contribution >= 0.6 is 11.3 Å². The lowest BCUT2D eigenvalue weighted by Crippen LogP contribution is -2.34. The number of aryl methyl sites for hydroxylation is 1. The Kier molecular flexibility index (Phi) is 4.42. The minimum absolute atomic E-state index is 0.535. The fourth-order valence-corrected chi connectivity index (χ4v) is 2.07. The van der Waals surface area contributed by atoms with Gasteiger partial charge in [-0.15, -0.1) is 11.3 Å². The molecule has 0 bridgehead atoms. The Balaban J connectivity index is 2.26. The van der Waals surface area contributed by atoms with Crippen LogP contribution in [0.1, 0.15) is 16.7 Å². The van der Waals surface area contributed by atoms with Gasteiger partial charge in [0.25, 0.3) is 0 Å². The second kappa shape index (κ2) is 5.37. The minimum atomic E-state index is 0.535. The minimum Gasteiger partial charge on any atom is -0.318 e. The predicted molar refractivity (Wildman–Crippen MR) is 59.3 cm³/mol. The van der Waals surface area contributed by atoms with Crippen LogP contribution in [0.4, 0.5) is 0 Å². The lowest BCUT2D eigenvalue weighted by Gasteiger charge is -2.11. The molecule has 0 aliphatic rings. The highest BCUT2D eigenvalue weighted by Crippen LogP contribution is 2.14. The number of hydrogen-bond acceptors (Lipinski definition) is 3. The van der Waals surface area contributed by atoms with E-state index in [1.807, 2.05) is 18.4 Å². The van der Waals surface area contributed by atoms with Gasteiger partial charge in [0.15, 0.2) is 0 Å². The van der Waals surface area contributed by atoms with Gasteiger partial charge in [-0.05, 0) is 33.0 Å². The van der Waals surface area contributed by atoms with Crippen LogP contribution in [-0.4, -0.2) is 19.6 Å². The van der Waals surface area contributed by atoms with E-state index in [2.05, 4.69) is 36.6 Å². The zero-order valence-electron chi connectivity index (χ0n) is 8.55. The number of nitrogens with one attached hydrogen (secondary N) is 2. The molecule has 13 heavy (non-hydrogen) atoms. The van der Waals surface area contributed by atoms with Gasteiger partial charge in [-0.2, -0.15) is 0 Å². The highest BCUT2D eigenvalue weighted by Gasteiger charge is 2.00. The largest absolute Gasteiger partial charge is 0.318 e. The van der Waals surface area contributed by atoms with Gasteiger partial charge in [-0.25, -0.2) is 0 Å². The average molecular weight is 198 g/mol. The maximum atomic E-state index is 3.46. The van der Waals surface area contributed by atoms with Gasteiger partial charge in [0.1, 0.15) is 0 Å². The first kappa shape index (κ1) is 10.7. The SMILES string of the molecule is CNCC(C)NCc1ccc(C)s1. The molecule has 2 nitrogen and oxygen atoms in total. The Morgan fingerprint density at radius 1 is 1.46 bits per heavy atom. The van der Waals surface area contributed by atoms with Gasteiger partial charge < -0.3 is 10.6 Å². The predicted octanol–water partition coefficient (Wildman–Crippen LogP) is 1.75. The maximum absolute atomic E-state index is 3.46. The third-order valence-corrected chi connectivity index (χ3v) is 2.93. The van der Waals surface area contributed by atoms with E-state index in [0.29, 0.717) is 6.04 Å². The third kappa shape index (κ3) is 3.89. The van der Waals surface area contributed by atoms with Gasteiger partial charge in [-0.1, -0.05) is 0 Å². The third-order valence-electron chi connectivity index (χ3n) is 1.93. The van der Waals surface area contributed by atoms with Gasteiger partial charge in [0.05, 0.1) is 0 Å². The van der Waals surface area contributed by atoms with Crippen molar-refractivity contribution in [1.29, 1.82) is 0 Å². The van der Waals surface area contributed by atoms with Crippen LogP contribution in [0.2, 0.25) is 0 Å². The molecule has 0 aliphatic carbocycles. The van der Waals surface area contributed by atoms with Crippen molar-refractivity contribution in [3.05, 3.63) is 21.9 Å². The summed E-state index contributed by atoms with van der Waals surface area (Å²) in [5.41, 5.74) is 0. The molecule has 0 saturated heterocycles. The molecule has 74 valence electrons. The van der Waals surface area contributed by atoms with Crippen molar-refractivity contribution in [2.75, 3.05) is 13.6 Å². The molecule has 1 rings (SSSR count). The van der Waals surface area contributed by atoms with E-state index in [0.717, 1.165) is 13.1 Å². The molecule has 0 fully saturated rings. The van der Waals surface area contributed by atoms with Crippen LogP contribution in [0.15, 0.2) is 12.1 Å². The summed E-state index contributed by atoms with van der Waals surface area (Å²) < 4.78 is 0. The van der Waals surface area contributed by atoms with Crippen molar-refractivity contribution < 1.29 is 0 Å². The topological polar surface area (TPSA) is 24.1 Å². The fourth-order valence-electron chi connectivity index (χ4n) is 1.23. The molecule has 0 aliphatic heterocycles. The Bertz CT molecular complexity index is 245. The summed E-state index contributed by atoms with van der Waals surface area (Å²) in [5.74, 6) is 0. The quantitative estimate of drug-likeness (QED) is 0.753. The summed E-state index contributed by atoms with van der Waals surface area (Å²) in [6, 6.07) is 4.90. The zero-order chi connectivity index (χ0) is 9.68. The summed E-state index contributed by atoms with van der Waals surface area (Å²) in [7, 11) is 1.98. The van der Waals surface area contributed by atoms with Crippen LogP contribution in [0, 0.1) is 6.92 Å². The smallest absolute Gasteiger partial charge is 0.0302 e. The van der Waals surface area contributed by atoms with E-state index in [-0.39, 0.29) is 0 Å². The normalized spacial score (nSPS) is 13.2. The van der Waals surface area contributed by atoms with Crippen LogP contribution in [0.3, 0.4) is 0 Å². The van der Waals surface area contributed by atoms with Crippen molar-refractivity contribution in [1.82, 2.24) is 10.6 Å². The molecule has 0 amide bonds. The molecular weight excluding hydrogens is 180 g/mol. The van der Waals surface area contributed by atoms with E-state index in [1.165, 1.54) is 9.75 Å². The first-order valence-corrected chi connectivity index (χ1v) is 5.47. The van der Waals surface area contributed by atoms with E-state index in [4.69, 9.17) is 0 Å². The Morgan fingerprint density at radius 2 is 2.23 bits per heavy atom. The molecule has 1 heterocycles. The molecule has 2 N–H and O–H groups in total. The second-order valence-corrected chi connectivity index (χ2v) is 4.72. The molecule has 3 heteroatoms. The highest BCUT2D eigenvalue weighted by atomic mass is 32.1. The molecule has 0 aromatic carbocycles. The molecule has 0 saturated carbocycles. The molecule has 0 radical (unpaired) electrons. The molecule has 0 spiro atoms. The van der Waals surface area contributed by atoms with Crippen molar-refractivity contribution in [3.63, 3.8) is 0 Å². The lowest BCUT2D eigenvalue weighted by atomic mass is 10.3. The maximum Gasteiger partial charge on any atom is 0.0302 e. The van der Waals surface area contributed by atoms with Gasteiger partial charge in [-0.3, -0.25) is 0 Å². The molecular formula is C10H18N2S. The number of thiophene rings is 1.